The zero-order chi connectivity index (χ0) is 14.8. The van der Waals surface area contributed by atoms with Crippen LogP contribution in [0.1, 0.15) is 24.3 Å². The van der Waals surface area contributed by atoms with E-state index in [1.165, 1.54) is 4.88 Å². The minimum Gasteiger partial charge on any atom is -0.312 e. The molecular weight excluding hydrogens is 333 g/mol. The third kappa shape index (κ3) is 3.69. The van der Waals surface area contributed by atoms with Crippen LogP contribution in [0.4, 0.5) is 0 Å². The Morgan fingerprint density at radius 3 is 2.45 bits per heavy atom. The van der Waals surface area contributed by atoms with Crippen LogP contribution < -0.4 is 5.32 Å². The molecule has 2 aromatic rings. The van der Waals surface area contributed by atoms with Crippen molar-refractivity contribution in [1.82, 2.24) is 5.32 Å². The molecule has 0 saturated heterocycles. The molecule has 0 spiro atoms. The molecule has 0 fully saturated rings. The van der Waals surface area contributed by atoms with E-state index >= 15 is 0 Å². The van der Waals surface area contributed by atoms with Crippen molar-refractivity contribution in [2.24, 2.45) is 0 Å². The predicted octanol–water partition coefficient (Wildman–Crippen LogP) is 5.78. The monoisotopic (exact) mass is 347 g/mol. The van der Waals surface area contributed by atoms with E-state index in [2.05, 4.69) is 36.7 Å². The first kappa shape index (κ1) is 16.1. The Morgan fingerprint density at radius 1 is 1.10 bits per heavy atom. The summed E-state index contributed by atoms with van der Waals surface area (Å²) in [6, 6.07) is 7.72. The smallest absolute Gasteiger partial charge is 0.0652 e. The van der Waals surface area contributed by atoms with E-state index < -0.39 is 0 Å². The third-order valence-electron chi connectivity index (χ3n) is 3.20. The van der Waals surface area contributed by atoms with Gasteiger partial charge in [-0.1, -0.05) is 54.7 Å². The molecule has 0 aliphatic carbocycles. The van der Waals surface area contributed by atoms with Gasteiger partial charge in [-0.15, -0.1) is 11.3 Å². The number of nitrogens with one attached hydrogen (secondary N) is 1. The van der Waals surface area contributed by atoms with E-state index in [0.29, 0.717) is 21.6 Å². The molecule has 0 unspecified atom stereocenters. The average Bonchev–Trinajstić information content (AvgIpc) is 2.93. The number of halogens is 3. The van der Waals surface area contributed by atoms with Crippen molar-refractivity contribution in [2.45, 2.75) is 25.8 Å². The second-order valence-electron chi connectivity index (χ2n) is 5.29. The van der Waals surface area contributed by atoms with Gasteiger partial charge in [0.25, 0.3) is 0 Å². The molecule has 20 heavy (non-hydrogen) atoms. The summed E-state index contributed by atoms with van der Waals surface area (Å²) in [5, 5.41) is 7.22. The minimum absolute atomic E-state index is 0.0751. The highest BCUT2D eigenvalue weighted by molar-refractivity contribution is 7.10. The summed E-state index contributed by atoms with van der Waals surface area (Å²) in [5.41, 5.74) is 0.925. The van der Waals surface area contributed by atoms with Gasteiger partial charge in [0.2, 0.25) is 0 Å². The quantitative estimate of drug-likeness (QED) is 0.676. The van der Waals surface area contributed by atoms with Crippen LogP contribution >= 0.6 is 46.1 Å². The van der Waals surface area contributed by atoms with E-state index in [9.17, 15) is 0 Å². The molecule has 1 N–H and O–H groups in total. The van der Waals surface area contributed by atoms with Crippen molar-refractivity contribution in [1.29, 1.82) is 0 Å². The molecule has 0 saturated carbocycles. The second-order valence-corrected chi connectivity index (χ2v) is 7.43. The van der Waals surface area contributed by atoms with Gasteiger partial charge in [-0.3, -0.25) is 0 Å². The van der Waals surface area contributed by atoms with Crippen LogP contribution in [-0.4, -0.2) is 6.54 Å². The first-order valence-corrected chi connectivity index (χ1v) is 8.30. The van der Waals surface area contributed by atoms with E-state index in [4.69, 9.17) is 34.8 Å². The molecule has 1 aromatic heterocycles. The Labute approximate surface area is 138 Å². The van der Waals surface area contributed by atoms with E-state index in [-0.39, 0.29) is 5.41 Å². The molecule has 1 heterocycles. The highest BCUT2D eigenvalue weighted by atomic mass is 35.5. The molecule has 0 atom stereocenters. The molecular formula is C15H16Cl3NS. The molecule has 108 valence electrons. The lowest BCUT2D eigenvalue weighted by atomic mass is 9.91. The van der Waals surface area contributed by atoms with Crippen LogP contribution in [0.15, 0.2) is 29.6 Å². The third-order valence-corrected chi connectivity index (χ3v) is 5.63. The maximum absolute atomic E-state index is 6.19. The molecule has 2 rings (SSSR count). The lowest BCUT2D eigenvalue weighted by molar-refractivity contribution is 0.477. The van der Waals surface area contributed by atoms with Gasteiger partial charge in [0.15, 0.2) is 0 Å². The first-order valence-electron chi connectivity index (χ1n) is 6.29. The molecule has 0 amide bonds. The van der Waals surface area contributed by atoms with Crippen LogP contribution in [0.2, 0.25) is 15.1 Å². The van der Waals surface area contributed by atoms with Gasteiger partial charge in [0, 0.05) is 34.0 Å². The fourth-order valence-corrected chi connectivity index (χ4v) is 3.52. The van der Waals surface area contributed by atoms with Gasteiger partial charge in [-0.25, -0.2) is 0 Å². The number of benzene rings is 1. The normalized spacial score (nSPS) is 11.8. The summed E-state index contributed by atoms with van der Waals surface area (Å²) in [6.07, 6.45) is 0. The van der Waals surface area contributed by atoms with Crippen molar-refractivity contribution in [3.05, 3.63) is 55.2 Å². The van der Waals surface area contributed by atoms with Gasteiger partial charge in [0.1, 0.15) is 0 Å². The molecule has 0 aliphatic rings. The van der Waals surface area contributed by atoms with Crippen LogP contribution in [0.25, 0.3) is 0 Å². The van der Waals surface area contributed by atoms with Crippen molar-refractivity contribution in [2.75, 3.05) is 6.54 Å². The predicted molar refractivity (Wildman–Crippen MR) is 90.5 cm³/mol. The van der Waals surface area contributed by atoms with Crippen LogP contribution in [0.5, 0.6) is 0 Å². The first-order chi connectivity index (χ1) is 9.42. The fraction of sp³-hybridized carbons (Fsp3) is 0.333. The molecule has 0 radical (unpaired) electrons. The molecule has 1 nitrogen and oxygen atoms in total. The second kappa shape index (κ2) is 6.67. The van der Waals surface area contributed by atoms with Gasteiger partial charge >= 0.3 is 0 Å². The molecule has 0 bridgehead atoms. The van der Waals surface area contributed by atoms with Crippen molar-refractivity contribution >= 4 is 46.1 Å². The lowest BCUT2D eigenvalue weighted by Gasteiger charge is -2.24. The van der Waals surface area contributed by atoms with Crippen molar-refractivity contribution < 1.29 is 0 Å². The lowest BCUT2D eigenvalue weighted by Crippen LogP contribution is -2.32. The van der Waals surface area contributed by atoms with Gasteiger partial charge < -0.3 is 5.32 Å². The summed E-state index contributed by atoms with van der Waals surface area (Å²) in [4.78, 5) is 1.35. The number of hydrogen-bond acceptors (Lipinski definition) is 2. The molecule has 5 heteroatoms. The van der Waals surface area contributed by atoms with Gasteiger partial charge in [0.05, 0.1) is 10.0 Å². The highest BCUT2D eigenvalue weighted by Crippen LogP contribution is 2.32. The Balaban J connectivity index is 2.02. The fourth-order valence-electron chi connectivity index (χ4n) is 1.98. The number of hydrogen-bond donors (Lipinski definition) is 1. The van der Waals surface area contributed by atoms with Crippen LogP contribution in [0, 0.1) is 0 Å². The molecule has 0 aliphatic heterocycles. The van der Waals surface area contributed by atoms with Crippen LogP contribution in [-0.2, 0) is 12.0 Å². The summed E-state index contributed by atoms with van der Waals surface area (Å²) in [7, 11) is 0. The summed E-state index contributed by atoms with van der Waals surface area (Å²) in [5.74, 6) is 0. The van der Waals surface area contributed by atoms with E-state index in [1.807, 2.05) is 0 Å². The van der Waals surface area contributed by atoms with Crippen molar-refractivity contribution in [3.63, 3.8) is 0 Å². The number of rotatable bonds is 5. The Kier molecular flexibility index (Phi) is 5.38. The van der Waals surface area contributed by atoms with E-state index in [1.54, 1.807) is 23.5 Å². The highest BCUT2D eigenvalue weighted by Gasteiger charge is 2.21. The van der Waals surface area contributed by atoms with Crippen LogP contribution in [0.3, 0.4) is 0 Å². The zero-order valence-corrected chi connectivity index (χ0v) is 14.4. The summed E-state index contributed by atoms with van der Waals surface area (Å²) in [6.45, 7) is 5.87. The standard InChI is InChI=1S/C15H16Cl3NS/c1-15(2,13-4-3-7-20-13)9-19-8-10-11(16)5-6-12(17)14(10)18/h3-7,19H,8-9H2,1-2H3. The minimum atomic E-state index is 0.0751. The topological polar surface area (TPSA) is 12.0 Å². The summed E-state index contributed by atoms with van der Waals surface area (Å²) >= 11 is 20.2. The summed E-state index contributed by atoms with van der Waals surface area (Å²) < 4.78 is 0. The van der Waals surface area contributed by atoms with Gasteiger partial charge in [-0.2, -0.15) is 0 Å². The number of thiophene rings is 1. The van der Waals surface area contributed by atoms with E-state index in [0.717, 1.165) is 12.1 Å². The maximum Gasteiger partial charge on any atom is 0.0652 e. The Bertz CT molecular complexity index is 579. The molecule has 1 aromatic carbocycles. The van der Waals surface area contributed by atoms with Crippen molar-refractivity contribution in [3.8, 4) is 0 Å². The Hall–Kier alpha value is -0.250. The SMILES string of the molecule is CC(C)(CNCc1c(Cl)ccc(Cl)c1Cl)c1cccs1. The average molecular weight is 349 g/mol. The maximum atomic E-state index is 6.19. The Morgan fingerprint density at radius 2 is 1.80 bits per heavy atom. The largest absolute Gasteiger partial charge is 0.312 e. The van der Waals surface area contributed by atoms with Gasteiger partial charge in [-0.05, 0) is 23.6 Å². The zero-order valence-electron chi connectivity index (χ0n) is 11.3.